The molecule has 0 spiro atoms. The molecule has 2 aromatic rings. The number of nitrogens with zero attached hydrogens (tertiary/aromatic N) is 1. The smallest absolute Gasteiger partial charge is 0.119 e. The molecule has 0 aliphatic carbocycles. The summed E-state index contributed by atoms with van der Waals surface area (Å²) in [4.78, 5) is 2.60. The maximum absolute atomic E-state index is 6.24. The molecule has 1 fully saturated rings. The number of rotatable bonds is 6. The lowest BCUT2D eigenvalue weighted by Gasteiger charge is -2.38. The molecule has 0 aromatic heterocycles. The van der Waals surface area contributed by atoms with E-state index in [1.54, 1.807) is 0 Å². The van der Waals surface area contributed by atoms with Gasteiger partial charge in [-0.1, -0.05) is 36.4 Å². The first-order chi connectivity index (χ1) is 13.3. The van der Waals surface area contributed by atoms with Gasteiger partial charge in [-0.25, -0.2) is 0 Å². The van der Waals surface area contributed by atoms with Crippen LogP contribution in [0.3, 0.4) is 0 Å². The molecule has 2 aliphatic heterocycles. The van der Waals surface area contributed by atoms with Crippen LogP contribution in [0.15, 0.2) is 48.5 Å². The molecule has 4 rings (SSSR count). The van der Waals surface area contributed by atoms with Gasteiger partial charge in [0.15, 0.2) is 0 Å². The highest BCUT2D eigenvalue weighted by Crippen LogP contribution is 2.37. The van der Waals surface area contributed by atoms with Crippen LogP contribution in [-0.2, 0) is 11.2 Å². The summed E-state index contributed by atoms with van der Waals surface area (Å²) in [7, 11) is 0. The molecule has 2 aromatic carbocycles. The SMILES string of the molecule is CCOc1ccc(C(CC2OCCc3ccccc32)N2CCNCC2)cc1. The molecule has 0 bridgehead atoms. The van der Waals surface area contributed by atoms with Gasteiger partial charge in [0.05, 0.1) is 19.3 Å². The lowest BCUT2D eigenvalue weighted by molar-refractivity contribution is 0.0119. The highest BCUT2D eigenvalue weighted by Gasteiger charge is 2.29. The quantitative estimate of drug-likeness (QED) is 0.845. The first-order valence-electron chi connectivity index (χ1n) is 10.2. The van der Waals surface area contributed by atoms with E-state index in [9.17, 15) is 0 Å². The maximum atomic E-state index is 6.24. The lowest BCUT2D eigenvalue weighted by Crippen LogP contribution is -2.45. The highest BCUT2D eigenvalue weighted by atomic mass is 16.5. The van der Waals surface area contributed by atoms with Crippen LogP contribution >= 0.6 is 0 Å². The minimum absolute atomic E-state index is 0.168. The first-order valence-corrected chi connectivity index (χ1v) is 10.2. The van der Waals surface area contributed by atoms with E-state index in [4.69, 9.17) is 9.47 Å². The molecular formula is C23H30N2O2. The van der Waals surface area contributed by atoms with Crippen molar-refractivity contribution in [3.05, 3.63) is 65.2 Å². The standard InChI is InChI=1S/C23H30N2O2/c1-2-26-20-9-7-19(8-10-20)22(25-14-12-24-13-15-25)17-23-21-6-4-3-5-18(21)11-16-27-23/h3-10,22-24H,2,11-17H2,1H3. The summed E-state index contributed by atoms with van der Waals surface area (Å²) >= 11 is 0. The Labute approximate surface area is 162 Å². The van der Waals surface area contributed by atoms with Gasteiger partial charge in [-0.2, -0.15) is 0 Å². The fourth-order valence-corrected chi connectivity index (χ4v) is 4.32. The average molecular weight is 367 g/mol. The van der Waals surface area contributed by atoms with Crippen LogP contribution in [0.2, 0.25) is 0 Å². The van der Waals surface area contributed by atoms with E-state index in [0.717, 1.165) is 51.4 Å². The zero-order valence-electron chi connectivity index (χ0n) is 16.2. The van der Waals surface area contributed by atoms with Crippen molar-refractivity contribution in [3.63, 3.8) is 0 Å². The number of nitrogens with one attached hydrogen (secondary N) is 1. The van der Waals surface area contributed by atoms with Crippen LogP contribution in [0.25, 0.3) is 0 Å². The maximum Gasteiger partial charge on any atom is 0.119 e. The van der Waals surface area contributed by atoms with Crippen molar-refractivity contribution in [2.24, 2.45) is 0 Å². The first kappa shape index (κ1) is 18.5. The molecule has 2 heterocycles. The lowest BCUT2D eigenvalue weighted by atomic mass is 9.90. The van der Waals surface area contributed by atoms with Gasteiger partial charge < -0.3 is 14.8 Å². The third-order valence-corrected chi connectivity index (χ3v) is 5.70. The van der Waals surface area contributed by atoms with Crippen LogP contribution in [0.5, 0.6) is 5.75 Å². The van der Waals surface area contributed by atoms with Gasteiger partial charge in [-0.15, -0.1) is 0 Å². The van der Waals surface area contributed by atoms with E-state index in [1.807, 2.05) is 6.92 Å². The molecule has 4 nitrogen and oxygen atoms in total. The minimum atomic E-state index is 0.168. The van der Waals surface area contributed by atoms with Gasteiger partial charge in [-0.3, -0.25) is 4.90 Å². The summed E-state index contributed by atoms with van der Waals surface area (Å²) in [6.07, 6.45) is 2.18. The second-order valence-electron chi connectivity index (χ2n) is 7.35. The van der Waals surface area contributed by atoms with Gasteiger partial charge in [-0.05, 0) is 48.6 Å². The predicted octanol–water partition coefficient (Wildman–Crippen LogP) is 3.74. The third-order valence-electron chi connectivity index (χ3n) is 5.70. The molecule has 2 unspecified atom stereocenters. The van der Waals surface area contributed by atoms with Crippen molar-refractivity contribution in [1.29, 1.82) is 0 Å². The molecule has 27 heavy (non-hydrogen) atoms. The monoisotopic (exact) mass is 366 g/mol. The van der Waals surface area contributed by atoms with Crippen molar-refractivity contribution >= 4 is 0 Å². The van der Waals surface area contributed by atoms with Crippen LogP contribution in [0, 0.1) is 0 Å². The summed E-state index contributed by atoms with van der Waals surface area (Å²) in [5, 5.41) is 3.47. The topological polar surface area (TPSA) is 33.7 Å². The van der Waals surface area contributed by atoms with E-state index in [2.05, 4.69) is 58.7 Å². The molecule has 0 saturated carbocycles. The second-order valence-corrected chi connectivity index (χ2v) is 7.35. The second kappa shape index (κ2) is 8.87. The minimum Gasteiger partial charge on any atom is -0.494 e. The number of fused-ring (bicyclic) bond motifs is 1. The number of ether oxygens (including phenoxy) is 2. The average Bonchev–Trinajstić information content (AvgIpc) is 2.74. The van der Waals surface area contributed by atoms with Crippen LogP contribution in [-0.4, -0.2) is 44.3 Å². The highest BCUT2D eigenvalue weighted by molar-refractivity contribution is 5.33. The Kier molecular flexibility index (Phi) is 6.07. The molecule has 0 amide bonds. The largest absolute Gasteiger partial charge is 0.494 e. The van der Waals surface area contributed by atoms with Crippen molar-refractivity contribution < 1.29 is 9.47 Å². The van der Waals surface area contributed by atoms with Crippen molar-refractivity contribution in [1.82, 2.24) is 10.2 Å². The predicted molar refractivity (Wildman–Crippen MR) is 108 cm³/mol. The normalized spacial score (nSPS) is 21.4. The molecular weight excluding hydrogens is 336 g/mol. The van der Waals surface area contributed by atoms with Crippen LogP contribution in [0.1, 0.15) is 42.2 Å². The number of piperazine rings is 1. The summed E-state index contributed by atoms with van der Waals surface area (Å²) in [5.74, 6) is 0.944. The molecule has 0 radical (unpaired) electrons. The Morgan fingerprint density at radius 1 is 1.11 bits per heavy atom. The zero-order chi connectivity index (χ0) is 18.5. The Morgan fingerprint density at radius 3 is 2.67 bits per heavy atom. The van der Waals surface area contributed by atoms with Crippen LogP contribution in [0.4, 0.5) is 0 Å². The van der Waals surface area contributed by atoms with Gasteiger partial charge in [0.2, 0.25) is 0 Å². The summed E-state index contributed by atoms with van der Waals surface area (Å²) in [5.41, 5.74) is 4.17. The zero-order valence-corrected chi connectivity index (χ0v) is 16.2. The van der Waals surface area contributed by atoms with Crippen molar-refractivity contribution in [2.45, 2.75) is 31.9 Å². The summed E-state index contributed by atoms with van der Waals surface area (Å²) in [6, 6.07) is 17.8. The molecule has 4 heteroatoms. The van der Waals surface area contributed by atoms with E-state index in [1.165, 1.54) is 16.7 Å². The summed E-state index contributed by atoms with van der Waals surface area (Å²) < 4.78 is 11.9. The Bertz CT molecular complexity index is 725. The number of benzene rings is 2. The number of hydrogen-bond acceptors (Lipinski definition) is 4. The van der Waals surface area contributed by atoms with Gasteiger partial charge >= 0.3 is 0 Å². The molecule has 2 atom stereocenters. The number of hydrogen-bond donors (Lipinski definition) is 1. The van der Waals surface area contributed by atoms with E-state index in [0.29, 0.717) is 12.6 Å². The van der Waals surface area contributed by atoms with E-state index < -0.39 is 0 Å². The Morgan fingerprint density at radius 2 is 1.89 bits per heavy atom. The Hall–Kier alpha value is -1.88. The van der Waals surface area contributed by atoms with Crippen LogP contribution < -0.4 is 10.1 Å². The fourth-order valence-electron chi connectivity index (χ4n) is 4.32. The molecule has 144 valence electrons. The van der Waals surface area contributed by atoms with Crippen molar-refractivity contribution in [2.75, 3.05) is 39.4 Å². The Balaban J connectivity index is 1.58. The van der Waals surface area contributed by atoms with Gasteiger partial charge in [0.1, 0.15) is 5.75 Å². The molecule has 1 N–H and O–H groups in total. The van der Waals surface area contributed by atoms with Gasteiger partial charge in [0, 0.05) is 32.2 Å². The molecule has 2 aliphatic rings. The van der Waals surface area contributed by atoms with E-state index in [-0.39, 0.29) is 6.10 Å². The fraction of sp³-hybridized carbons (Fsp3) is 0.478. The van der Waals surface area contributed by atoms with Crippen molar-refractivity contribution in [3.8, 4) is 5.75 Å². The van der Waals surface area contributed by atoms with E-state index >= 15 is 0 Å². The van der Waals surface area contributed by atoms with Gasteiger partial charge in [0.25, 0.3) is 0 Å². The molecule has 1 saturated heterocycles. The summed E-state index contributed by atoms with van der Waals surface area (Å²) in [6.45, 7) is 7.80. The third kappa shape index (κ3) is 4.34.